The smallest absolute Gasteiger partial charge is 0.168 e. The van der Waals surface area contributed by atoms with Gasteiger partial charge in [-0.3, -0.25) is 0 Å². The van der Waals surface area contributed by atoms with E-state index in [1.54, 1.807) is 0 Å². The normalized spacial score (nSPS) is 18.0. The quantitative estimate of drug-likeness (QED) is 0.170. The van der Waals surface area contributed by atoms with Crippen molar-refractivity contribution in [3.8, 4) is 0 Å². The maximum absolute atomic E-state index is 13.3. The van der Waals surface area contributed by atoms with E-state index < -0.39 is 58.2 Å². The van der Waals surface area contributed by atoms with Gasteiger partial charge in [0.15, 0.2) is 0 Å². The Morgan fingerprint density at radius 2 is 1.15 bits per heavy atom. The molecule has 3 aromatic rings. The molecule has 0 saturated carbocycles. The van der Waals surface area contributed by atoms with E-state index in [0.29, 0.717) is 0 Å². The summed E-state index contributed by atoms with van der Waals surface area (Å²) in [6.07, 6.45) is 0. The maximum atomic E-state index is 13.3. The Bertz CT molecular complexity index is 1040. The van der Waals surface area contributed by atoms with Crippen LogP contribution in [0.1, 0.15) is 38.8 Å². The predicted octanol–water partition coefficient (Wildman–Crippen LogP) is 8.22. The fourth-order valence-corrected chi connectivity index (χ4v) is 11.4. The molecule has 5 rings (SSSR count). The third-order valence-electron chi connectivity index (χ3n) is 4.79. The minimum atomic E-state index is -2.74. The van der Waals surface area contributed by atoms with Crippen molar-refractivity contribution in [1.29, 1.82) is 0 Å². The van der Waals surface area contributed by atoms with Crippen LogP contribution in [-0.4, -0.2) is 13.3 Å². The summed E-state index contributed by atoms with van der Waals surface area (Å²) < 4.78 is 44.8. The molecule has 9 heteroatoms. The van der Waals surface area contributed by atoms with Crippen molar-refractivity contribution < 1.29 is 17.4 Å². The van der Waals surface area contributed by atoms with E-state index in [2.05, 4.69) is 77.8 Å². The number of hydrogen-bond donors (Lipinski definition) is 0. The summed E-state index contributed by atoms with van der Waals surface area (Å²) in [6, 6.07) is 26.4. The van der Waals surface area contributed by atoms with Crippen LogP contribution in [0.4, 0.5) is 2.86 Å². The fraction of sp³-hybridized carbons (Fsp3) is 0.280. The van der Waals surface area contributed by atoms with Gasteiger partial charge < -0.3 is 0 Å². The van der Waals surface area contributed by atoms with Gasteiger partial charge in [0.1, 0.15) is 0 Å². The van der Waals surface area contributed by atoms with Gasteiger partial charge in [0.25, 0.3) is 0 Å². The first-order valence-corrected chi connectivity index (χ1v) is 18.8. The van der Waals surface area contributed by atoms with E-state index in [0.717, 1.165) is 9.13 Å². The molecule has 0 radical (unpaired) electrons. The molecule has 4 nitrogen and oxygen atoms in total. The molecule has 34 heavy (non-hydrogen) atoms. The zero-order valence-electron chi connectivity index (χ0n) is 19.6. The average Bonchev–Trinajstić information content (AvgIpc) is 3.18. The van der Waals surface area contributed by atoms with Crippen LogP contribution in [0, 0.1) is 10.7 Å². The monoisotopic (exact) mass is 824 g/mol. The number of hydrogen-bond acceptors (Lipinski definition) is 4. The Balaban J connectivity index is 0.000000176. The van der Waals surface area contributed by atoms with Crippen LogP contribution in [0.3, 0.4) is 0 Å². The van der Waals surface area contributed by atoms with Gasteiger partial charge in [0.05, 0.1) is 0 Å². The van der Waals surface area contributed by atoms with E-state index in [4.69, 9.17) is 14.6 Å². The molecule has 186 valence electrons. The zero-order chi connectivity index (χ0) is 25.4. The first-order valence-electron chi connectivity index (χ1n) is 10.2. The molecule has 0 fully saturated rings. The van der Waals surface area contributed by atoms with Crippen molar-refractivity contribution >= 4 is 75.2 Å². The molecule has 0 aliphatic carbocycles. The van der Waals surface area contributed by atoms with Crippen molar-refractivity contribution in [1.82, 2.24) is 0 Å². The van der Waals surface area contributed by atoms with Crippen LogP contribution in [0.25, 0.3) is 0 Å². The second-order valence-corrected chi connectivity index (χ2v) is 16.3. The molecule has 3 aromatic carbocycles. The van der Waals surface area contributed by atoms with Gasteiger partial charge in [-0.1, -0.05) is 18.2 Å². The largest absolute Gasteiger partial charge is 0.335 e. The second kappa shape index (κ2) is 13.7. The molecule has 0 unspecified atom stereocenters. The van der Waals surface area contributed by atoms with Crippen molar-refractivity contribution in [2.45, 2.75) is 38.9 Å². The molecule has 0 aromatic heterocycles. The maximum Gasteiger partial charge on any atom is 0.335 e. The van der Waals surface area contributed by atoms with Crippen LogP contribution in [0.2, 0.25) is 0 Å². The van der Waals surface area contributed by atoms with Gasteiger partial charge in [0, 0.05) is 3.57 Å². The third kappa shape index (κ3) is 8.29. The van der Waals surface area contributed by atoms with Crippen LogP contribution in [0.5, 0.6) is 0 Å². The van der Waals surface area contributed by atoms with E-state index in [9.17, 15) is 2.86 Å². The Kier molecular flexibility index (Phi) is 12.0. The van der Waals surface area contributed by atoms with Crippen molar-refractivity contribution in [3.63, 3.8) is 0 Å². The van der Waals surface area contributed by atoms with E-state index >= 15 is 0 Å². The van der Waals surface area contributed by atoms with E-state index in [-0.39, 0.29) is 5.60 Å². The zero-order valence-corrected chi connectivity index (χ0v) is 26.8. The van der Waals surface area contributed by atoms with Gasteiger partial charge in [0.2, 0.25) is 0 Å². The molecule has 0 N–H and O–H groups in total. The molecule has 0 spiro atoms. The average molecular weight is 824 g/mol. The number of rotatable bonds is 0. The SMILES string of the molecule is CC1(C)OI(F)c2ccccc21.CI1OC(C)(C)c2ccccc21.Ic1ccccc1.O=S=O. The Morgan fingerprint density at radius 1 is 0.735 bits per heavy atom. The Morgan fingerprint density at radius 3 is 1.59 bits per heavy atom. The molecule has 0 saturated heterocycles. The summed E-state index contributed by atoms with van der Waals surface area (Å²) in [5, 5.41) is 0. The van der Waals surface area contributed by atoms with Crippen LogP contribution >= 0.6 is 63.6 Å². The summed E-state index contributed by atoms with van der Waals surface area (Å²) in [4.78, 5) is 2.26. The summed E-state index contributed by atoms with van der Waals surface area (Å²) in [7, 11) is 0. The van der Waals surface area contributed by atoms with Crippen molar-refractivity contribution in [2.24, 2.45) is 0 Å². The van der Waals surface area contributed by atoms with Gasteiger partial charge in [-0.05, 0) is 34.7 Å². The fourth-order valence-electron chi connectivity index (χ4n) is 3.30. The summed E-state index contributed by atoms with van der Waals surface area (Å²) in [5.74, 6) is 0. The number of alkyl halides is 1. The van der Waals surface area contributed by atoms with Crippen LogP contribution in [-0.2, 0) is 28.9 Å². The topological polar surface area (TPSA) is 52.6 Å². The first kappa shape index (κ1) is 29.7. The summed E-state index contributed by atoms with van der Waals surface area (Å²) >= 11 is -2.45. The standard InChI is InChI=1S/C10H13IO.C9H10FIO.C6H5I.O2S/c1-10(2)8-6-4-5-7-9(8)11(3)12-10;1-9(2)7-5-3-4-6-8(7)11(10)12-9;7-6-4-2-1-3-5-6;1-3-2/h4-7H,1-3H3;3-6H,1-2H3;1-5H;. The summed E-state index contributed by atoms with van der Waals surface area (Å²) in [5.41, 5.74) is 1.99. The molecular weight excluding hydrogens is 796 g/mol. The second-order valence-electron chi connectivity index (χ2n) is 8.13. The Labute approximate surface area is 234 Å². The molecule has 2 aliphatic heterocycles. The minimum Gasteiger partial charge on any atom is -0.168 e. The van der Waals surface area contributed by atoms with Gasteiger partial charge in [-0.15, -0.1) is 0 Å². The third-order valence-corrected chi connectivity index (χ3v) is 13.2. The predicted molar refractivity (Wildman–Crippen MR) is 162 cm³/mol. The summed E-state index contributed by atoms with van der Waals surface area (Å²) in [6.45, 7) is 8.16. The van der Waals surface area contributed by atoms with E-state index in [1.165, 1.54) is 12.7 Å². The molecule has 0 atom stereocenters. The van der Waals surface area contributed by atoms with E-state index in [1.807, 2.05) is 56.3 Å². The number of benzene rings is 3. The van der Waals surface area contributed by atoms with Crippen LogP contribution < -0.4 is 0 Å². The molecule has 2 aliphatic rings. The van der Waals surface area contributed by atoms with Gasteiger partial charge in [-0.25, -0.2) is 0 Å². The molecular formula is C25H28FI3O4S. The molecule has 2 heterocycles. The molecule has 0 bridgehead atoms. The minimum absolute atomic E-state index is 0.0316. The Hall–Kier alpha value is -0.480. The van der Waals surface area contributed by atoms with Gasteiger partial charge >= 0.3 is 172 Å². The molecule has 0 amide bonds. The number of fused-ring (bicyclic) bond motifs is 2. The van der Waals surface area contributed by atoms with Crippen molar-refractivity contribution in [2.75, 3.05) is 4.93 Å². The van der Waals surface area contributed by atoms with Gasteiger partial charge in [-0.2, -0.15) is 8.42 Å². The number of halogens is 4. The first-order chi connectivity index (χ1) is 16.0. The van der Waals surface area contributed by atoms with Crippen molar-refractivity contribution in [3.05, 3.63) is 101 Å². The van der Waals surface area contributed by atoms with Crippen LogP contribution in [0.15, 0.2) is 78.9 Å².